The zero-order valence-corrected chi connectivity index (χ0v) is 27.7. The van der Waals surface area contributed by atoms with E-state index >= 15 is 0 Å². The van der Waals surface area contributed by atoms with Crippen LogP contribution in [0.3, 0.4) is 0 Å². The molecule has 0 unspecified atom stereocenters. The minimum Gasteiger partial charge on any atom is -0.456 e. The van der Waals surface area contributed by atoms with Gasteiger partial charge in [-0.15, -0.1) is 0 Å². The first kappa shape index (κ1) is 28.2. The van der Waals surface area contributed by atoms with E-state index in [1.54, 1.807) is 0 Å². The van der Waals surface area contributed by atoms with E-state index in [0.29, 0.717) is 0 Å². The van der Waals surface area contributed by atoms with Gasteiger partial charge >= 0.3 is 0 Å². The first-order valence-corrected chi connectivity index (χ1v) is 17.6. The lowest BCUT2D eigenvalue weighted by Crippen LogP contribution is -1.91. The standard InChI is InChI=1S/C50H30O/c1-2-12-37-31(9-1)10-7-17-38(37)32-19-23-35(24-20-32)47-40-13-3-5-15-42(40)48(43-16-6-4-14-41(43)47)36-25-21-33(22-26-36)39-29-30-46-50-44(39)28-27-34-11-8-18-45(51-46)49(34)50/h1-30H. The Morgan fingerprint density at radius 2 is 0.725 bits per heavy atom. The highest BCUT2D eigenvalue weighted by Gasteiger charge is 2.19. The lowest BCUT2D eigenvalue weighted by atomic mass is 9.85. The van der Waals surface area contributed by atoms with E-state index in [-0.39, 0.29) is 0 Å². The van der Waals surface area contributed by atoms with Gasteiger partial charge in [-0.05, 0) is 99.7 Å². The highest BCUT2D eigenvalue weighted by atomic mass is 16.3. The SMILES string of the molecule is c1ccc2c(-c3ccc(-c4c5ccccc5c(-c5ccc(-c6ccc7oc8cccc9ccc6c7c98)cc5)c5ccccc45)cc3)cccc2c1. The van der Waals surface area contributed by atoms with E-state index in [0.717, 1.165) is 11.2 Å². The molecule has 1 nitrogen and oxygen atoms in total. The number of furan rings is 1. The molecule has 0 radical (unpaired) electrons. The molecule has 0 aliphatic heterocycles. The van der Waals surface area contributed by atoms with E-state index in [4.69, 9.17) is 4.42 Å². The van der Waals surface area contributed by atoms with Crippen LogP contribution in [0, 0.1) is 0 Å². The number of fused-ring (bicyclic) bond motifs is 3. The third kappa shape index (κ3) is 4.22. The summed E-state index contributed by atoms with van der Waals surface area (Å²) < 4.78 is 6.25. The molecule has 0 aliphatic carbocycles. The van der Waals surface area contributed by atoms with Gasteiger partial charge in [-0.25, -0.2) is 0 Å². The minimum absolute atomic E-state index is 0.943. The van der Waals surface area contributed by atoms with Gasteiger partial charge in [0.2, 0.25) is 0 Å². The van der Waals surface area contributed by atoms with E-state index in [1.165, 1.54) is 98.4 Å². The Morgan fingerprint density at radius 3 is 1.35 bits per heavy atom. The molecule has 1 aromatic heterocycles. The Hall–Kier alpha value is -6.70. The summed E-state index contributed by atoms with van der Waals surface area (Å²) in [6.45, 7) is 0. The molecular weight excluding hydrogens is 617 g/mol. The van der Waals surface area contributed by atoms with Crippen LogP contribution in [-0.4, -0.2) is 0 Å². The van der Waals surface area contributed by atoms with Crippen molar-refractivity contribution in [2.24, 2.45) is 0 Å². The molecular formula is C50H30O. The summed E-state index contributed by atoms with van der Waals surface area (Å²) in [7, 11) is 0. The molecule has 0 spiro atoms. The van der Waals surface area contributed by atoms with Gasteiger partial charge in [0, 0.05) is 10.8 Å². The number of rotatable bonds is 4. The fourth-order valence-corrected chi connectivity index (χ4v) is 8.56. The molecule has 51 heavy (non-hydrogen) atoms. The summed E-state index contributed by atoms with van der Waals surface area (Å²) >= 11 is 0. The predicted molar refractivity (Wildman–Crippen MR) is 217 cm³/mol. The van der Waals surface area contributed by atoms with Crippen LogP contribution in [0.15, 0.2) is 186 Å². The molecule has 0 saturated carbocycles. The van der Waals surface area contributed by atoms with Crippen molar-refractivity contribution >= 4 is 65.0 Å². The Balaban J connectivity index is 1.05. The van der Waals surface area contributed by atoms with Crippen molar-refractivity contribution in [3.8, 4) is 44.5 Å². The maximum atomic E-state index is 6.25. The fourth-order valence-electron chi connectivity index (χ4n) is 8.56. The van der Waals surface area contributed by atoms with Crippen LogP contribution in [0.1, 0.15) is 0 Å². The summed E-state index contributed by atoms with van der Waals surface area (Å²) in [5.74, 6) is 0. The van der Waals surface area contributed by atoms with Gasteiger partial charge in [0.15, 0.2) is 0 Å². The van der Waals surface area contributed by atoms with Gasteiger partial charge in [-0.2, -0.15) is 0 Å². The predicted octanol–water partition coefficient (Wildman–Crippen LogP) is 14.3. The maximum absolute atomic E-state index is 6.25. The second-order valence-corrected chi connectivity index (χ2v) is 13.6. The fraction of sp³-hybridized carbons (Fsp3) is 0. The van der Waals surface area contributed by atoms with E-state index in [2.05, 4.69) is 182 Å². The minimum atomic E-state index is 0.943. The highest BCUT2D eigenvalue weighted by molar-refractivity contribution is 6.25. The van der Waals surface area contributed by atoms with Crippen molar-refractivity contribution in [1.29, 1.82) is 0 Å². The van der Waals surface area contributed by atoms with Crippen LogP contribution in [0.25, 0.3) is 110 Å². The van der Waals surface area contributed by atoms with Crippen molar-refractivity contribution in [2.45, 2.75) is 0 Å². The Kier molecular flexibility index (Phi) is 6.02. The van der Waals surface area contributed by atoms with Crippen molar-refractivity contribution in [3.63, 3.8) is 0 Å². The van der Waals surface area contributed by atoms with Gasteiger partial charge in [0.25, 0.3) is 0 Å². The monoisotopic (exact) mass is 646 g/mol. The van der Waals surface area contributed by atoms with Gasteiger partial charge in [0.05, 0.1) is 0 Å². The van der Waals surface area contributed by atoms with E-state index in [9.17, 15) is 0 Å². The Morgan fingerprint density at radius 1 is 0.255 bits per heavy atom. The van der Waals surface area contributed by atoms with Gasteiger partial charge < -0.3 is 4.42 Å². The molecule has 0 N–H and O–H groups in total. The number of hydrogen-bond acceptors (Lipinski definition) is 1. The van der Waals surface area contributed by atoms with Crippen LogP contribution >= 0.6 is 0 Å². The van der Waals surface area contributed by atoms with Gasteiger partial charge in [0.1, 0.15) is 11.2 Å². The lowest BCUT2D eigenvalue weighted by molar-refractivity contribution is 0.669. The van der Waals surface area contributed by atoms with Crippen molar-refractivity contribution in [1.82, 2.24) is 0 Å². The summed E-state index contributed by atoms with van der Waals surface area (Å²) in [5.41, 5.74) is 11.8. The van der Waals surface area contributed by atoms with Crippen LogP contribution < -0.4 is 0 Å². The van der Waals surface area contributed by atoms with Crippen molar-refractivity contribution in [3.05, 3.63) is 182 Å². The molecule has 0 fully saturated rings. The van der Waals surface area contributed by atoms with E-state index < -0.39 is 0 Å². The highest BCUT2D eigenvalue weighted by Crippen LogP contribution is 2.45. The summed E-state index contributed by atoms with van der Waals surface area (Å²) in [6.07, 6.45) is 0. The van der Waals surface area contributed by atoms with Gasteiger partial charge in [-0.1, -0.05) is 170 Å². The normalized spacial score (nSPS) is 11.9. The summed E-state index contributed by atoms with van der Waals surface area (Å²) in [5, 5.41) is 12.4. The molecule has 236 valence electrons. The smallest absolute Gasteiger partial charge is 0.136 e. The average molecular weight is 647 g/mol. The lowest BCUT2D eigenvalue weighted by Gasteiger charge is -2.18. The first-order chi connectivity index (χ1) is 25.3. The van der Waals surface area contributed by atoms with Crippen LogP contribution in [0.5, 0.6) is 0 Å². The molecule has 11 aromatic rings. The third-order valence-corrected chi connectivity index (χ3v) is 10.9. The zero-order valence-electron chi connectivity index (χ0n) is 27.7. The van der Waals surface area contributed by atoms with Crippen LogP contribution in [0.2, 0.25) is 0 Å². The summed E-state index contributed by atoms with van der Waals surface area (Å²) in [4.78, 5) is 0. The molecule has 1 heterocycles. The van der Waals surface area contributed by atoms with Crippen molar-refractivity contribution < 1.29 is 4.42 Å². The maximum Gasteiger partial charge on any atom is 0.136 e. The van der Waals surface area contributed by atoms with Crippen LogP contribution in [0.4, 0.5) is 0 Å². The number of benzene rings is 10. The zero-order chi connectivity index (χ0) is 33.5. The Bertz CT molecular complexity index is 3040. The third-order valence-electron chi connectivity index (χ3n) is 10.9. The average Bonchev–Trinajstić information content (AvgIpc) is 3.59. The quantitative estimate of drug-likeness (QED) is 0.137. The molecule has 0 amide bonds. The number of hydrogen-bond donors (Lipinski definition) is 0. The molecule has 10 aromatic carbocycles. The largest absolute Gasteiger partial charge is 0.456 e. The topological polar surface area (TPSA) is 13.1 Å². The molecule has 0 atom stereocenters. The van der Waals surface area contributed by atoms with Crippen LogP contribution in [-0.2, 0) is 0 Å². The molecule has 0 bridgehead atoms. The summed E-state index contributed by atoms with van der Waals surface area (Å²) in [6, 6.07) is 66.4. The van der Waals surface area contributed by atoms with Crippen molar-refractivity contribution in [2.75, 3.05) is 0 Å². The molecule has 11 rings (SSSR count). The molecule has 1 heteroatoms. The van der Waals surface area contributed by atoms with E-state index in [1.807, 2.05) is 0 Å². The molecule has 0 aliphatic rings. The Labute approximate surface area is 295 Å². The second kappa shape index (κ2) is 10.9. The van der Waals surface area contributed by atoms with Gasteiger partial charge in [-0.3, -0.25) is 0 Å². The first-order valence-electron chi connectivity index (χ1n) is 17.6. The second-order valence-electron chi connectivity index (χ2n) is 13.6. The molecule has 0 saturated heterocycles.